The number of piperidine rings is 1. The van der Waals surface area contributed by atoms with Crippen molar-refractivity contribution in [3.8, 4) is 0 Å². The molecule has 360 valence electrons. The van der Waals surface area contributed by atoms with Gasteiger partial charge < -0.3 is 43.6 Å². The molecule has 13 unspecified atom stereocenters. The van der Waals surface area contributed by atoms with E-state index in [-0.39, 0.29) is 54.6 Å². The minimum atomic E-state index is -2.47. The fourth-order valence-electron chi connectivity index (χ4n) is 11.2. The molecule has 13 atom stereocenters. The molecule has 6 rings (SSSR count). The monoisotopic (exact) mass is 904 g/mol. The third kappa shape index (κ3) is 11.6. The highest BCUT2D eigenvalue weighted by atomic mass is 16.7. The zero-order chi connectivity index (χ0) is 47.2. The van der Waals surface area contributed by atoms with Crippen LogP contribution in [0.15, 0.2) is 53.8 Å². The number of benzene rings is 1. The molecule has 2 saturated heterocycles. The van der Waals surface area contributed by atoms with Crippen LogP contribution < -0.4 is 5.32 Å². The van der Waals surface area contributed by atoms with Gasteiger partial charge in [0.25, 0.3) is 11.7 Å². The molecule has 4 heterocycles. The van der Waals surface area contributed by atoms with Gasteiger partial charge >= 0.3 is 5.97 Å². The minimum Gasteiger partial charge on any atom is -0.456 e. The van der Waals surface area contributed by atoms with Crippen LogP contribution in [-0.4, -0.2) is 114 Å². The first-order valence-electron chi connectivity index (χ1n) is 24.3. The van der Waals surface area contributed by atoms with E-state index in [9.17, 15) is 24.3 Å². The normalized spacial score (nSPS) is 35.5. The van der Waals surface area contributed by atoms with E-state index in [1.54, 1.807) is 28.3 Å². The van der Waals surface area contributed by atoms with Gasteiger partial charge in [-0.25, -0.2) is 4.79 Å². The standard InChI is InChI=1S/C52H77N3O10/c1-11-37-25-31(2)24-32(3)26-45(62-9)48-46(63-10)28-35(6)52(60,65-48)49(57)50(58)55-22-13-12-14-42(55)51(59)64-47(33(4)15-20-43(37)56)34(5)27-36-16-18-40(44(29-36)61-8)53-39-17-19-41-38(30-39)21-23-54(41)7/h17,19,21,23,25,27,30,32-33,35-37,40,42,44-48,53,60H,11-16,18,20,22,24,26,28-29H2,1-10H3. The Balaban J connectivity index is 1.28. The first-order valence-corrected chi connectivity index (χ1v) is 24.3. The Kier molecular flexibility index (Phi) is 17.3. The van der Waals surface area contributed by atoms with E-state index in [0.29, 0.717) is 51.4 Å². The zero-order valence-electron chi connectivity index (χ0n) is 40.7. The van der Waals surface area contributed by atoms with Gasteiger partial charge in [0.15, 0.2) is 0 Å². The van der Waals surface area contributed by atoms with Crippen molar-refractivity contribution in [2.75, 3.05) is 33.2 Å². The summed E-state index contributed by atoms with van der Waals surface area (Å²) in [4.78, 5) is 58.5. The molecule has 1 aromatic heterocycles. The van der Waals surface area contributed by atoms with Crippen LogP contribution in [-0.2, 0) is 49.9 Å². The van der Waals surface area contributed by atoms with Crippen molar-refractivity contribution in [1.29, 1.82) is 0 Å². The van der Waals surface area contributed by atoms with E-state index in [0.717, 1.165) is 36.1 Å². The van der Waals surface area contributed by atoms with E-state index >= 15 is 0 Å². The number of rotatable bonds is 8. The van der Waals surface area contributed by atoms with Crippen LogP contribution in [0.25, 0.3) is 10.9 Å². The fraction of sp³-hybridized carbons (Fsp3) is 0.692. The van der Waals surface area contributed by atoms with E-state index < -0.39 is 59.8 Å². The number of methoxy groups -OCH3 is 3. The van der Waals surface area contributed by atoms with Gasteiger partial charge in [0.1, 0.15) is 24.0 Å². The molecule has 1 saturated carbocycles. The molecular formula is C52H77N3O10. The van der Waals surface area contributed by atoms with Crippen molar-refractivity contribution >= 4 is 40.0 Å². The van der Waals surface area contributed by atoms with Crippen molar-refractivity contribution in [2.45, 2.75) is 167 Å². The van der Waals surface area contributed by atoms with Gasteiger partial charge in [-0.05, 0) is 132 Å². The number of hydrogen-bond donors (Lipinski definition) is 2. The number of nitrogens with zero attached hydrogens (tertiary/aromatic N) is 2. The number of allylic oxidation sites excluding steroid dienone is 3. The summed E-state index contributed by atoms with van der Waals surface area (Å²) < 4.78 is 32.8. The molecule has 4 aliphatic rings. The van der Waals surface area contributed by atoms with Crippen molar-refractivity contribution < 1.29 is 48.0 Å². The number of anilines is 1. The highest BCUT2D eigenvalue weighted by molar-refractivity contribution is 6.39. The number of aryl methyl sites for hydroxylation is 1. The highest BCUT2D eigenvalue weighted by Crippen LogP contribution is 2.39. The highest BCUT2D eigenvalue weighted by Gasteiger charge is 2.56. The lowest BCUT2D eigenvalue weighted by atomic mass is 9.81. The second kappa shape index (κ2) is 22.3. The summed E-state index contributed by atoms with van der Waals surface area (Å²) in [6.07, 6.45) is 10.7. The molecule has 3 aliphatic heterocycles. The Morgan fingerprint density at radius 1 is 0.938 bits per heavy atom. The van der Waals surface area contributed by atoms with Gasteiger partial charge in [-0.2, -0.15) is 0 Å². The summed E-state index contributed by atoms with van der Waals surface area (Å²) in [5.41, 5.74) is 4.19. The van der Waals surface area contributed by atoms with Crippen LogP contribution in [0.5, 0.6) is 0 Å². The van der Waals surface area contributed by atoms with Gasteiger partial charge in [0, 0.05) is 76.0 Å². The molecule has 0 spiro atoms. The third-order valence-corrected chi connectivity index (χ3v) is 15.0. The summed E-state index contributed by atoms with van der Waals surface area (Å²) in [5, 5.41) is 17.0. The molecular weight excluding hydrogens is 827 g/mol. The predicted octanol–water partition coefficient (Wildman–Crippen LogP) is 8.11. The number of hydrogen-bond acceptors (Lipinski definition) is 11. The molecule has 1 aromatic carbocycles. The third-order valence-electron chi connectivity index (χ3n) is 15.0. The van der Waals surface area contributed by atoms with Crippen molar-refractivity contribution in [1.82, 2.24) is 9.47 Å². The summed E-state index contributed by atoms with van der Waals surface area (Å²) >= 11 is 0. The number of amides is 1. The minimum absolute atomic E-state index is 0.0588. The molecule has 2 aromatic rings. The zero-order valence-corrected chi connectivity index (χ0v) is 40.7. The molecule has 2 N–H and O–H groups in total. The molecule has 0 radical (unpaired) electrons. The number of aromatic nitrogens is 1. The molecule has 3 fully saturated rings. The Bertz CT molecular complexity index is 2040. The molecule has 13 nitrogen and oxygen atoms in total. The van der Waals surface area contributed by atoms with E-state index in [4.69, 9.17) is 23.7 Å². The number of carbonyl (C=O) groups is 4. The topological polar surface area (TPSA) is 155 Å². The predicted molar refractivity (Wildman–Crippen MR) is 251 cm³/mol. The number of nitrogens with one attached hydrogen (secondary N) is 1. The SMILES string of the molecule is CCC1C=C(C)CC(C)CC(OC)C2OC(O)(C(=O)C(=O)N3CCCCC3C(=O)OC(C(C)=CC3CCC(Nc4ccc5c(ccn5C)c4)C(OC)C3)C(C)CCC1=O)C(C)CC2OC. The molecule has 2 bridgehead atoms. The Morgan fingerprint density at radius 3 is 2.37 bits per heavy atom. The number of esters is 1. The second-order valence-corrected chi connectivity index (χ2v) is 19.9. The summed E-state index contributed by atoms with van der Waals surface area (Å²) in [6.45, 7) is 12.0. The first-order chi connectivity index (χ1) is 31.0. The summed E-state index contributed by atoms with van der Waals surface area (Å²) in [6, 6.07) is 7.61. The van der Waals surface area contributed by atoms with Crippen molar-refractivity contribution in [2.24, 2.45) is 36.6 Å². The maximum atomic E-state index is 14.5. The fourth-order valence-corrected chi connectivity index (χ4v) is 11.2. The molecule has 13 heteroatoms. The summed E-state index contributed by atoms with van der Waals surface area (Å²) in [5.74, 6) is -6.05. The number of ketones is 2. The molecule has 1 aliphatic carbocycles. The lowest BCUT2D eigenvalue weighted by Gasteiger charge is -2.47. The number of cyclic esters (lactones) is 1. The van der Waals surface area contributed by atoms with E-state index in [2.05, 4.69) is 59.4 Å². The van der Waals surface area contributed by atoms with Crippen LogP contribution in [0.3, 0.4) is 0 Å². The lowest BCUT2D eigenvalue weighted by molar-refractivity contribution is -0.302. The number of aliphatic hydroxyl groups is 1. The lowest BCUT2D eigenvalue weighted by Crippen LogP contribution is -2.64. The number of Topliss-reactive ketones (excluding diaryl/α,β-unsaturated/α-hetero) is 2. The maximum Gasteiger partial charge on any atom is 0.329 e. The smallest absolute Gasteiger partial charge is 0.329 e. The van der Waals surface area contributed by atoms with Gasteiger partial charge in [-0.1, -0.05) is 45.4 Å². The largest absolute Gasteiger partial charge is 0.456 e. The average molecular weight is 904 g/mol. The van der Waals surface area contributed by atoms with Crippen LogP contribution in [0, 0.1) is 29.6 Å². The number of carbonyl (C=O) groups excluding carboxylic acids is 4. The van der Waals surface area contributed by atoms with Crippen LogP contribution >= 0.6 is 0 Å². The molecule has 1 amide bonds. The van der Waals surface area contributed by atoms with Crippen LogP contribution in [0.2, 0.25) is 0 Å². The average Bonchev–Trinajstić information content (AvgIpc) is 3.67. The quantitative estimate of drug-likeness (QED) is 0.150. The van der Waals surface area contributed by atoms with E-state index in [1.165, 1.54) is 15.8 Å². The van der Waals surface area contributed by atoms with Gasteiger partial charge in [-0.3, -0.25) is 14.4 Å². The summed E-state index contributed by atoms with van der Waals surface area (Å²) in [7, 11) is 6.92. The second-order valence-electron chi connectivity index (χ2n) is 19.9. The number of ether oxygens (including phenoxy) is 5. The van der Waals surface area contributed by atoms with Crippen LogP contribution in [0.4, 0.5) is 5.69 Å². The van der Waals surface area contributed by atoms with Gasteiger partial charge in [0.2, 0.25) is 5.79 Å². The van der Waals surface area contributed by atoms with Crippen LogP contribution in [0.1, 0.15) is 119 Å². The van der Waals surface area contributed by atoms with E-state index in [1.807, 2.05) is 34.7 Å². The van der Waals surface area contributed by atoms with Gasteiger partial charge in [-0.15, -0.1) is 0 Å². The molecule has 65 heavy (non-hydrogen) atoms. The Morgan fingerprint density at radius 2 is 1.66 bits per heavy atom. The first kappa shape index (κ1) is 50.5. The van der Waals surface area contributed by atoms with Crippen molar-refractivity contribution in [3.05, 3.63) is 53.8 Å². The van der Waals surface area contributed by atoms with Crippen molar-refractivity contribution in [3.63, 3.8) is 0 Å². The maximum absolute atomic E-state index is 14.5. The Hall–Kier alpha value is -3.88. The Labute approximate surface area is 387 Å². The van der Waals surface area contributed by atoms with Gasteiger partial charge in [0.05, 0.1) is 24.4 Å². The number of fused-ring (bicyclic) bond motifs is 4.